The molecule has 110 valence electrons. The van der Waals surface area contributed by atoms with E-state index in [1.165, 1.54) is 5.56 Å². The summed E-state index contributed by atoms with van der Waals surface area (Å²) in [5, 5.41) is 3.31. The first-order valence-corrected chi connectivity index (χ1v) is 7.59. The summed E-state index contributed by atoms with van der Waals surface area (Å²) in [5.41, 5.74) is 2.47. The zero-order chi connectivity index (χ0) is 14.8. The lowest BCUT2D eigenvalue weighted by Gasteiger charge is -2.35. The van der Waals surface area contributed by atoms with Gasteiger partial charge in [0.25, 0.3) is 0 Å². The van der Waals surface area contributed by atoms with Crippen molar-refractivity contribution >= 4 is 29.2 Å². The van der Waals surface area contributed by atoms with Gasteiger partial charge in [-0.2, -0.15) is 15.0 Å². The minimum absolute atomic E-state index is 0.214. The van der Waals surface area contributed by atoms with Crippen molar-refractivity contribution in [3.05, 3.63) is 35.1 Å². The smallest absolute Gasteiger partial charge is 0.236 e. The Morgan fingerprint density at radius 2 is 2.10 bits per heavy atom. The zero-order valence-corrected chi connectivity index (χ0v) is 12.9. The molecular formula is C15H18ClN5. The first-order chi connectivity index (χ1) is 10.2. The highest BCUT2D eigenvalue weighted by atomic mass is 35.5. The van der Waals surface area contributed by atoms with Gasteiger partial charge in [-0.1, -0.05) is 18.2 Å². The van der Waals surface area contributed by atoms with E-state index >= 15 is 0 Å². The molecule has 1 aromatic carbocycles. The van der Waals surface area contributed by atoms with Gasteiger partial charge in [0.2, 0.25) is 17.2 Å². The monoisotopic (exact) mass is 303 g/mol. The van der Waals surface area contributed by atoms with Crippen LogP contribution in [0.2, 0.25) is 5.28 Å². The lowest BCUT2D eigenvalue weighted by atomic mass is 9.97. The molecule has 0 bridgehead atoms. The Hall–Kier alpha value is -1.88. The van der Waals surface area contributed by atoms with E-state index in [0.717, 1.165) is 25.1 Å². The van der Waals surface area contributed by atoms with Crippen molar-refractivity contribution in [1.82, 2.24) is 15.0 Å². The molecule has 1 atom stereocenters. The SMILES string of the molecule is CCNc1nc(Cl)nc(N2c3ccccc3CCC2C)n1. The standard InChI is InChI=1S/C15H18ClN5/c1-3-17-14-18-13(16)19-15(20-14)21-10(2)8-9-11-6-4-5-7-12(11)21/h4-7,10H,3,8-9H2,1-2H3,(H,17,18,19,20). The maximum absolute atomic E-state index is 6.05. The Kier molecular flexibility index (Phi) is 3.92. The third-order valence-electron chi connectivity index (χ3n) is 3.67. The van der Waals surface area contributed by atoms with Crippen LogP contribution in [-0.4, -0.2) is 27.5 Å². The number of halogens is 1. The van der Waals surface area contributed by atoms with E-state index in [2.05, 4.69) is 50.3 Å². The second kappa shape index (κ2) is 5.85. The van der Waals surface area contributed by atoms with Gasteiger partial charge >= 0.3 is 0 Å². The molecule has 0 fully saturated rings. The number of aryl methyl sites for hydroxylation is 1. The molecular weight excluding hydrogens is 286 g/mol. The number of fused-ring (bicyclic) bond motifs is 1. The quantitative estimate of drug-likeness (QED) is 0.941. The summed E-state index contributed by atoms with van der Waals surface area (Å²) in [7, 11) is 0. The van der Waals surface area contributed by atoms with E-state index in [0.29, 0.717) is 17.9 Å². The molecule has 0 saturated carbocycles. The maximum atomic E-state index is 6.05. The van der Waals surface area contributed by atoms with E-state index in [4.69, 9.17) is 11.6 Å². The van der Waals surface area contributed by atoms with Crippen molar-refractivity contribution < 1.29 is 0 Å². The van der Waals surface area contributed by atoms with Crippen LogP contribution in [0.25, 0.3) is 0 Å². The van der Waals surface area contributed by atoms with E-state index in [1.54, 1.807) is 0 Å². The van der Waals surface area contributed by atoms with Gasteiger partial charge < -0.3 is 10.2 Å². The van der Waals surface area contributed by atoms with Crippen LogP contribution >= 0.6 is 11.6 Å². The van der Waals surface area contributed by atoms with E-state index in [9.17, 15) is 0 Å². The minimum Gasteiger partial charge on any atom is -0.354 e. The third-order valence-corrected chi connectivity index (χ3v) is 3.84. The summed E-state index contributed by atoms with van der Waals surface area (Å²) in [6.45, 7) is 4.92. The molecule has 6 heteroatoms. The zero-order valence-electron chi connectivity index (χ0n) is 12.2. The molecule has 0 amide bonds. The van der Waals surface area contributed by atoms with Gasteiger partial charge in [-0.3, -0.25) is 0 Å². The summed E-state index contributed by atoms with van der Waals surface area (Å²) in [6, 6.07) is 8.69. The van der Waals surface area contributed by atoms with Crippen LogP contribution < -0.4 is 10.2 Å². The van der Waals surface area contributed by atoms with Gasteiger partial charge in [0.05, 0.1) is 0 Å². The Labute approximate surface area is 129 Å². The van der Waals surface area contributed by atoms with Crippen molar-refractivity contribution in [1.29, 1.82) is 0 Å². The third kappa shape index (κ3) is 2.78. The van der Waals surface area contributed by atoms with Crippen LogP contribution in [0.4, 0.5) is 17.6 Å². The molecule has 1 aliphatic heterocycles. The molecule has 5 nitrogen and oxygen atoms in total. The molecule has 2 aromatic rings. The van der Waals surface area contributed by atoms with Crippen molar-refractivity contribution in [3.8, 4) is 0 Å². The molecule has 1 N–H and O–H groups in total. The predicted molar refractivity (Wildman–Crippen MR) is 85.4 cm³/mol. The summed E-state index contributed by atoms with van der Waals surface area (Å²) in [4.78, 5) is 15.1. The second-order valence-corrected chi connectivity index (χ2v) is 5.48. The van der Waals surface area contributed by atoms with Gasteiger partial charge in [0.1, 0.15) is 0 Å². The minimum atomic E-state index is 0.214. The van der Waals surface area contributed by atoms with Crippen LogP contribution in [0.5, 0.6) is 0 Å². The topological polar surface area (TPSA) is 53.9 Å². The van der Waals surface area contributed by atoms with Crippen LogP contribution in [0, 0.1) is 0 Å². The summed E-state index contributed by atoms with van der Waals surface area (Å²) in [5.74, 6) is 1.12. The molecule has 2 heterocycles. The van der Waals surface area contributed by atoms with E-state index < -0.39 is 0 Å². The highest BCUT2D eigenvalue weighted by Gasteiger charge is 2.26. The van der Waals surface area contributed by atoms with Gasteiger partial charge in [-0.05, 0) is 49.9 Å². The maximum Gasteiger partial charge on any atom is 0.236 e. The lowest BCUT2D eigenvalue weighted by Crippen LogP contribution is -2.34. The fourth-order valence-electron chi connectivity index (χ4n) is 2.68. The second-order valence-electron chi connectivity index (χ2n) is 5.14. The lowest BCUT2D eigenvalue weighted by molar-refractivity contribution is 0.607. The Morgan fingerprint density at radius 1 is 1.29 bits per heavy atom. The average molecular weight is 304 g/mol. The number of nitrogens with one attached hydrogen (secondary N) is 1. The van der Waals surface area contributed by atoms with Crippen LogP contribution in [0.15, 0.2) is 24.3 Å². The van der Waals surface area contributed by atoms with Crippen LogP contribution in [0.3, 0.4) is 0 Å². The molecule has 0 spiro atoms. The van der Waals surface area contributed by atoms with Crippen molar-refractivity contribution in [2.75, 3.05) is 16.8 Å². The van der Waals surface area contributed by atoms with Gasteiger partial charge in [0, 0.05) is 18.3 Å². The first-order valence-electron chi connectivity index (χ1n) is 7.21. The highest BCUT2D eigenvalue weighted by molar-refractivity contribution is 6.28. The molecule has 21 heavy (non-hydrogen) atoms. The average Bonchev–Trinajstić information content (AvgIpc) is 2.47. The van der Waals surface area contributed by atoms with Crippen LogP contribution in [-0.2, 0) is 6.42 Å². The predicted octanol–water partition coefficient (Wildman–Crippen LogP) is 3.43. The van der Waals surface area contributed by atoms with Crippen molar-refractivity contribution in [3.63, 3.8) is 0 Å². The molecule has 3 rings (SSSR count). The molecule has 0 aliphatic carbocycles. The number of rotatable bonds is 3. The fraction of sp³-hybridized carbons (Fsp3) is 0.400. The molecule has 1 aliphatic rings. The largest absolute Gasteiger partial charge is 0.354 e. The van der Waals surface area contributed by atoms with Crippen molar-refractivity contribution in [2.45, 2.75) is 32.7 Å². The number of hydrogen-bond acceptors (Lipinski definition) is 5. The number of nitrogens with zero attached hydrogens (tertiary/aromatic N) is 4. The number of benzene rings is 1. The first kappa shape index (κ1) is 14.1. The summed E-state index contributed by atoms with van der Waals surface area (Å²) < 4.78 is 0. The summed E-state index contributed by atoms with van der Waals surface area (Å²) >= 11 is 6.05. The summed E-state index contributed by atoms with van der Waals surface area (Å²) in [6.07, 6.45) is 2.14. The van der Waals surface area contributed by atoms with E-state index in [1.807, 2.05) is 13.0 Å². The Bertz CT molecular complexity index is 646. The molecule has 0 radical (unpaired) electrons. The number of para-hydroxylation sites is 1. The number of hydrogen-bond donors (Lipinski definition) is 1. The Morgan fingerprint density at radius 3 is 2.90 bits per heavy atom. The fourth-order valence-corrected chi connectivity index (χ4v) is 2.83. The van der Waals surface area contributed by atoms with Gasteiger partial charge in [0.15, 0.2) is 0 Å². The van der Waals surface area contributed by atoms with Crippen LogP contribution in [0.1, 0.15) is 25.8 Å². The highest BCUT2D eigenvalue weighted by Crippen LogP contribution is 2.35. The Balaban J connectivity index is 2.07. The number of anilines is 3. The molecule has 0 saturated heterocycles. The molecule has 1 unspecified atom stereocenters. The van der Waals surface area contributed by atoms with Gasteiger partial charge in [-0.15, -0.1) is 0 Å². The van der Waals surface area contributed by atoms with E-state index in [-0.39, 0.29) is 5.28 Å². The number of aromatic nitrogens is 3. The van der Waals surface area contributed by atoms with Crippen molar-refractivity contribution in [2.24, 2.45) is 0 Å². The van der Waals surface area contributed by atoms with Gasteiger partial charge in [-0.25, -0.2) is 0 Å². The normalized spacial score (nSPS) is 17.5. The molecule has 1 aromatic heterocycles.